The van der Waals surface area contributed by atoms with E-state index in [9.17, 15) is 9.59 Å². The number of likely N-dealkylation sites (N-methyl/N-ethyl adjacent to an activating group) is 1. The number of halogens is 1. The normalized spacial score (nSPS) is 12.0. The van der Waals surface area contributed by atoms with Crippen molar-refractivity contribution in [2.75, 3.05) is 27.2 Å². The van der Waals surface area contributed by atoms with E-state index in [0.717, 1.165) is 5.76 Å². The van der Waals surface area contributed by atoms with Crippen molar-refractivity contribution in [2.45, 2.75) is 12.5 Å². The fourth-order valence-electron chi connectivity index (χ4n) is 2.35. The van der Waals surface area contributed by atoms with Gasteiger partial charge in [0, 0.05) is 19.5 Å². The fraction of sp³-hybridized carbons (Fsp3) is 0.333. The summed E-state index contributed by atoms with van der Waals surface area (Å²) in [5.74, 6) is 0.357. The molecule has 0 fully saturated rings. The smallest absolute Gasteiger partial charge is 0.252 e. The highest BCUT2D eigenvalue weighted by atomic mass is 35.5. The lowest BCUT2D eigenvalue weighted by molar-refractivity contribution is -0.121. The number of carbonyl (C=O) groups is 2. The van der Waals surface area contributed by atoms with Crippen LogP contribution in [-0.2, 0) is 4.79 Å². The van der Waals surface area contributed by atoms with Crippen molar-refractivity contribution in [3.63, 3.8) is 0 Å². The first-order valence-corrected chi connectivity index (χ1v) is 8.36. The Hall–Kier alpha value is -2.31. The lowest BCUT2D eigenvalue weighted by Crippen LogP contribution is -2.36. The third kappa shape index (κ3) is 5.62. The van der Waals surface area contributed by atoms with Crippen LogP contribution in [0.2, 0.25) is 5.02 Å². The highest BCUT2D eigenvalue weighted by Crippen LogP contribution is 2.17. The molecule has 0 aliphatic heterocycles. The van der Waals surface area contributed by atoms with Gasteiger partial charge < -0.3 is 15.1 Å². The highest BCUT2D eigenvalue weighted by Gasteiger charge is 2.17. The Bertz CT molecular complexity index is 701. The van der Waals surface area contributed by atoms with E-state index in [4.69, 9.17) is 16.0 Å². The Morgan fingerprint density at radius 1 is 1.16 bits per heavy atom. The molecule has 0 aliphatic rings. The molecule has 1 aromatic heterocycles. The third-order valence-corrected chi connectivity index (χ3v) is 4.07. The topological polar surface area (TPSA) is 74.6 Å². The number of nitrogens with zero attached hydrogens (tertiary/aromatic N) is 1. The molecule has 2 rings (SSSR count). The van der Waals surface area contributed by atoms with Crippen molar-refractivity contribution in [1.29, 1.82) is 0 Å². The zero-order valence-corrected chi connectivity index (χ0v) is 15.0. The molecule has 7 heteroatoms. The molecule has 0 unspecified atom stereocenters. The summed E-state index contributed by atoms with van der Waals surface area (Å²) < 4.78 is 5.40. The van der Waals surface area contributed by atoms with E-state index < -0.39 is 0 Å². The van der Waals surface area contributed by atoms with Crippen molar-refractivity contribution in [3.05, 3.63) is 59.0 Å². The molecule has 0 aliphatic carbocycles. The van der Waals surface area contributed by atoms with Crippen LogP contribution in [-0.4, -0.2) is 43.9 Å². The van der Waals surface area contributed by atoms with Crippen LogP contribution in [0, 0.1) is 0 Å². The van der Waals surface area contributed by atoms with Crippen molar-refractivity contribution < 1.29 is 14.0 Å². The summed E-state index contributed by atoms with van der Waals surface area (Å²) in [7, 11) is 3.84. The number of furan rings is 1. The van der Waals surface area contributed by atoms with Gasteiger partial charge in [0.2, 0.25) is 5.91 Å². The van der Waals surface area contributed by atoms with Crippen molar-refractivity contribution in [3.8, 4) is 0 Å². The molecule has 1 atom stereocenters. The first kappa shape index (κ1) is 19.0. The van der Waals surface area contributed by atoms with Crippen molar-refractivity contribution in [2.24, 2.45) is 0 Å². The molecule has 1 heterocycles. The Balaban J connectivity index is 1.75. The van der Waals surface area contributed by atoms with Gasteiger partial charge in [-0.05, 0) is 38.4 Å². The maximum Gasteiger partial charge on any atom is 0.252 e. The molecular formula is C18H22ClN3O3. The second-order valence-electron chi connectivity index (χ2n) is 5.78. The van der Waals surface area contributed by atoms with Crippen LogP contribution in [0.1, 0.15) is 28.6 Å². The van der Waals surface area contributed by atoms with Gasteiger partial charge in [0.05, 0.1) is 22.9 Å². The number of hydrogen-bond donors (Lipinski definition) is 2. The van der Waals surface area contributed by atoms with Gasteiger partial charge in [-0.15, -0.1) is 0 Å². The van der Waals surface area contributed by atoms with Crippen LogP contribution in [0.5, 0.6) is 0 Å². The molecule has 25 heavy (non-hydrogen) atoms. The quantitative estimate of drug-likeness (QED) is 0.755. The van der Waals surface area contributed by atoms with E-state index in [2.05, 4.69) is 10.6 Å². The third-order valence-electron chi connectivity index (χ3n) is 3.74. The molecule has 2 N–H and O–H groups in total. The maximum atomic E-state index is 12.0. The fourth-order valence-corrected chi connectivity index (χ4v) is 2.57. The van der Waals surface area contributed by atoms with Gasteiger partial charge >= 0.3 is 0 Å². The van der Waals surface area contributed by atoms with E-state index in [1.165, 1.54) is 0 Å². The summed E-state index contributed by atoms with van der Waals surface area (Å²) in [6.45, 7) is 0.668. The molecule has 0 saturated heterocycles. The predicted molar refractivity (Wildman–Crippen MR) is 96.5 cm³/mol. The second-order valence-corrected chi connectivity index (χ2v) is 6.19. The average Bonchev–Trinajstić information content (AvgIpc) is 3.09. The van der Waals surface area contributed by atoms with Gasteiger partial charge in [0.25, 0.3) is 5.91 Å². The summed E-state index contributed by atoms with van der Waals surface area (Å²) in [5.41, 5.74) is 0.398. The SMILES string of the molecule is CN(C)[C@H](CNC(=O)CCNC(=O)c1ccccc1Cl)c1ccco1. The highest BCUT2D eigenvalue weighted by molar-refractivity contribution is 6.33. The number of nitrogens with one attached hydrogen (secondary N) is 2. The summed E-state index contributed by atoms with van der Waals surface area (Å²) >= 11 is 5.97. The van der Waals surface area contributed by atoms with E-state index in [-0.39, 0.29) is 30.8 Å². The molecule has 1 aromatic carbocycles. The number of carbonyl (C=O) groups excluding carboxylic acids is 2. The predicted octanol–water partition coefficient (Wildman–Crippen LogP) is 2.47. The van der Waals surface area contributed by atoms with Crippen LogP contribution in [0.15, 0.2) is 47.1 Å². The minimum Gasteiger partial charge on any atom is -0.468 e. The standard InChI is InChI=1S/C18H22ClN3O3/c1-22(2)15(16-8-5-11-25-16)12-21-17(23)9-10-20-18(24)13-6-3-4-7-14(13)19/h3-8,11,15H,9-10,12H2,1-2H3,(H,20,24)(H,21,23)/t15-/m1/s1. The number of hydrogen-bond acceptors (Lipinski definition) is 4. The van der Waals surface area contributed by atoms with Crippen molar-refractivity contribution in [1.82, 2.24) is 15.5 Å². The monoisotopic (exact) mass is 363 g/mol. The number of benzene rings is 1. The number of rotatable bonds is 8. The number of amides is 2. The van der Waals surface area contributed by atoms with Gasteiger partial charge in [-0.1, -0.05) is 23.7 Å². The van der Waals surface area contributed by atoms with E-state index >= 15 is 0 Å². The minimum absolute atomic E-state index is 0.0448. The first-order valence-electron chi connectivity index (χ1n) is 7.98. The zero-order chi connectivity index (χ0) is 18.2. The van der Waals surface area contributed by atoms with Gasteiger partial charge in [0.15, 0.2) is 0 Å². The van der Waals surface area contributed by atoms with E-state index in [0.29, 0.717) is 17.1 Å². The summed E-state index contributed by atoms with van der Waals surface area (Å²) in [6, 6.07) is 10.4. The minimum atomic E-state index is -0.292. The summed E-state index contributed by atoms with van der Waals surface area (Å²) in [5, 5.41) is 5.94. The molecule has 6 nitrogen and oxygen atoms in total. The molecule has 0 spiro atoms. The largest absolute Gasteiger partial charge is 0.468 e. The summed E-state index contributed by atoms with van der Waals surface area (Å²) in [4.78, 5) is 26.0. The van der Waals surface area contributed by atoms with Gasteiger partial charge in [-0.2, -0.15) is 0 Å². The molecular weight excluding hydrogens is 342 g/mol. The van der Waals surface area contributed by atoms with Crippen LogP contribution in [0.25, 0.3) is 0 Å². The van der Waals surface area contributed by atoms with Gasteiger partial charge in [-0.3, -0.25) is 14.5 Å². The van der Waals surface area contributed by atoms with Crippen LogP contribution in [0.3, 0.4) is 0 Å². The van der Waals surface area contributed by atoms with Crippen LogP contribution < -0.4 is 10.6 Å². The molecule has 134 valence electrons. The molecule has 2 amide bonds. The van der Waals surface area contributed by atoms with Gasteiger partial charge in [-0.25, -0.2) is 0 Å². The van der Waals surface area contributed by atoms with Gasteiger partial charge in [0.1, 0.15) is 5.76 Å². The van der Waals surface area contributed by atoms with E-state index in [1.54, 1.807) is 30.5 Å². The average molecular weight is 364 g/mol. The maximum absolute atomic E-state index is 12.0. The lowest BCUT2D eigenvalue weighted by atomic mass is 10.2. The molecule has 0 bridgehead atoms. The Morgan fingerprint density at radius 2 is 1.92 bits per heavy atom. The molecule has 0 saturated carbocycles. The zero-order valence-electron chi connectivity index (χ0n) is 14.3. The molecule has 0 radical (unpaired) electrons. The Kier molecular flexibility index (Phi) is 7.03. The Morgan fingerprint density at radius 3 is 2.56 bits per heavy atom. The van der Waals surface area contributed by atoms with Crippen LogP contribution in [0.4, 0.5) is 0 Å². The summed E-state index contributed by atoms with van der Waals surface area (Å²) in [6.07, 6.45) is 1.80. The van der Waals surface area contributed by atoms with Crippen LogP contribution >= 0.6 is 11.6 Å². The second kappa shape index (κ2) is 9.25. The molecule has 2 aromatic rings. The Labute approximate surface area is 152 Å². The van der Waals surface area contributed by atoms with E-state index in [1.807, 2.05) is 31.1 Å². The lowest BCUT2D eigenvalue weighted by Gasteiger charge is -2.22. The van der Waals surface area contributed by atoms with Crippen molar-refractivity contribution >= 4 is 23.4 Å². The first-order chi connectivity index (χ1) is 12.0.